The molecule has 0 amide bonds. The number of rotatable bonds is 3. The zero-order chi connectivity index (χ0) is 14.5. The fourth-order valence-electron chi connectivity index (χ4n) is 1.84. The molecule has 1 heterocycles. The van der Waals surface area contributed by atoms with Crippen molar-refractivity contribution in [1.29, 1.82) is 0 Å². The fraction of sp³-hybridized carbons (Fsp3) is 0.385. The molecule has 7 heteroatoms. The minimum absolute atomic E-state index is 0.250. The van der Waals surface area contributed by atoms with Gasteiger partial charge >= 0.3 is 5.97 Å². The van der Waals surface area contributed by atoms with Crippen LogP contribution in [0.25, 0.3) is 0 Å². The average molecular weight is 333 g/mol. The molecule has 0 spiro atoms. The predicted octanol–water partition coefficient (Wildman–Crippen LogP) is 3.69. The van der Waals surface area contributed by atoms with Crippen LogP contribution >= 0.6 is 35.0 Å². The molecule has 1 N–H and O–H groups in total. The Kier molecular flexibility index (Phi) is 5.57. The molecular formula is C13H14Cl2N2O2S. The molecule has 1 fully saturated rings. The number of thioether (sulfide) groups is 1. The maximum absolute atomic E-state index is 11.7. The first-order chi connectivity index (χ1) is 9.61. The van der Waals surface area contributed by atoms with Crippen LogP contribution in [0.1, 0.15) is 6.42 Å². The third-order valence-electron chi connectivity index (χ3n) is 2.93. The summed E-state index contributed by atoms with van der Waals surface area (Å²) in [6, 6.07) is 5.12. The standard InChI is InChI=1S/C13H14Cl2N2O2S/c1-19-13(18)9-7-20-5-4-11(9)16-17-12-3-2-8(14)6-10(12)15/h2-3,6,9,17H,4-5,7H2,1H3/b16-11-/t9-/m0/s1. The lowest BCUT2D eigenvalue weighted by Gasteiger charge is -2.21. The summed E-state index contributed by atoms with van der Waals surface area (Å²) in [5.74, 6) is 1.10. The summed E-state index contributed by atoms with van der Waals surface area (Å²) in [6.07, 6.45) is 0.753. The van der Waals surface area contributed by atoms with Crippen LogP contribution in [-0.4, -0.2) is 30.3 Å². The first kappa shape index (κ1) is 15.5. The van der Waals surface area contributed by atoms with Gasteiger partial charge in [0.2, 0.25) is 0 Å². The molecule has 1 aliphatic heterocycles. The lowest BCUT2D eigenvalue weighted by molar-refractivity contribution is -0.142. The smallest absolute Gasteiger partial charge is 0.315 e. The molecular weight excluding hydrogens is 319 g/mol. The van der Waals surface area contributed by atoms with E-state index < -0.39 is 0 Å². The van der Waals surface area contributed by atoms with Crippen LogP contribution in [0.5, 0.6) is 0 Å². The highest BCUT2D eigenvalue weighted by molar-refractivity contribution is 7.99. The van der Waals surface area contributed by atoms with Gasteiger partial charge in [0.25, 0.3) is 0 Å². The Balaban J connectivity index is 2.13. The number of hydrazone groups is 1. The highest BCUT2D eigenvalue weighted by Crippen LogP contribution is 2.26. The van der Waals surface area contributed by atoms with Crippen molar-refractivity contribution in [1.82, 2.24) is 0 Å². The van der Waals surface area contributed by atoms with Gasteiger partial charge in [-0.3, -0.25) is 10.2 Å². The Morgan fingerprint density at radius 3 is 3.00 bits per heavy atom. The molecule has 1 atom stereocenters. The SMILES string of the molecule is COC(=O)[C@H]1CSCC/C1=N/Nc1ccc(Cl)cc1Cl. The number of hydrogen-bond acceptors (Lipinski definition) is 5. The molecule has 0 aromatic heterocycles. The summed E-state index contributed by atoms with van der Waals surface area (Å²) >= 11 is 13.6. The molecule has 1 aromatic rings. The Morgan fingerprint density at radius 2 is 2.30 bits per heavy atom. The van der Waals surface area contributed by atoms with Gasteiger partial charge in [-0.05, 0) is 30.4 Å². The molecule has 108 valence electrons. The van der Waals surface area contributed by atoms with Gasteiger partial charge in [-0.1, -0.05) is 23.2 Å². The molecule has 20 heavy (non-hydrogen) atoms. The monoisotopic (exact) mass is 332 g/mol. The van der Waals surface area contributed by atoms with E-state index in [9.17, 15) is 4.79 Å². The molecule has 0 aliphatic carbocycles. The van der Waals surface area contributed by atoms with Crippen LogP contribution in [0.4, 0.5) is 5.69 Å². The summed E-state index contributed by atoms with van der Waals surface area (Å²) in [6.45, 7) is 0. The fourth-order valence-corrected chi connectivity index (χ4v) is 3.38. The van der Waals surface area contributed by atoms with Crippen LogP contribution in [0.3, 0.4) is 0 Å². The second kappa shape index (κ2) is 7.20. The average Bonchev–Trinajstić information content (AvgIpc) is 2.46. The Morgan fingerprint density at radius 1 is 1.50 bits per heavy atom. The molecule has 1 saturated heterocycles. The highest BCUT2D eigenvalue weighted by Gasteiger charge is 2.28. The second-order valence-electron chi connectivity index (χ2n) is 4.24. The highest BCUT2D eigenvalue weighted by atomic mass is 35.5. The molecule has 0 radical (unpaired) electrons. The van der Waals surface area contributed by atoms with Gasteiger partial charge in [0, 0.05) is 10.8 Å². The molecule has 2 rings (SSSR count). The minimum Gasteiger partial charge on any atom is -0.468 e. The number of esters is 1. The number of halogens is 2. The van der Waals surface area contributed by atoms with Crippen molar-refractivity contribution < 1.29 is 9.53 Å². The molecule has 0 unspecified atom stereocenters. The number of carbonyl (C=O) groups is 1. The van der Waals surface area contributed by atoms with E-state index in [4.69, 9.17) is 27.9 Å². The summed E-state index contributed by atoms with van der Waals surface area (Å²) in [4.78, 5) is 11.7. The van der Waals surface area contributed by atoms with Crippen molar-refractivity contribution in [3.63, 3.8) is 0 Å². The van der Waals surface area contributed by atoms with Crippen molar-refractivity contribution in [2.45, 2.75) is 6.42 Å². The van der Waals surface area contributed by atoms with E-state index in [0.29, 0.717) is 21.5 Å². The lowest BCUT2D eigenvalue weighted by atomic mass is 10.0. The van der Waals surface area contributed by atoms with E-state index >= 15 is 0 Å². The number of benzene rings is 1. The molecule has 4 nitrogen and oxygen atoms in total. The third-order valence-corrected chi connectivity index (χ3v) is 4.54. The molecule has 1 aliphatic rings. The third kappa shape index (κ3) is 3.81. The quantitative estimate of drug-likeness (QED) is 0.677. The normalized spacial score (nSPS) is 20.8. The van der Waals surface area contributed by atoms with Gasteiger partial charge < -0.3 is 4.74 Å². The van der Waals surface area contributed by atoms with Gasteiger partial charge in [0.05, 0.1) is 23.5 Å². The van der Waals surface area contributed by atoms with Crippen molar-refractivity contribution >= 4 is 52.3 Å². The van der Waals surface area contributed by atoms with Gasteiger partial charge in [0.15, 0.2) is 0 Å². The van der Waals surface area contributed by atoms with E-state index in [1.807, 2.05) is 0 Å². The summed E-state index contributed by atoms with van der Waals surface area (Å²) in [5, 5.41) is 5.37. The number of nitrogens with zero attached hydrogens (tertiary/aromatic N) is 1. The van der Waals surface area contributed by atoms with E-state index in [1.54, 1.807) is 30.0 Å². The van der Waals surface area contributed by atoms with Gasteiger partial charge in [-0.15, -0.1) is 0 Å². The van der Waals surface area contributed by atoms with E-state index in [2.05, 4.69) is 10.5 Å². The summed E-state index contributed by atoms with van der Waals surface area (Å²) in [5.41, 5.74) is 4.35. The first-order valence-corrected chi connectivity index (χ1v) is 7.96. The molecule has 1 aromatic carbocycles. The first-order valence-electron chi connectivity index (χ1n) is 6.05. The van der Waals surface area contributed by atoms with Crippen molar-refractivity contribution in [2.24, 2.45) is 11.0 Å². The van der Waals surface area contributed by atoms with E-state index in [-0.39, 0.29) is 11.9 Å². The number of ether oxygens (including phenoxy) is 1. The number of nitrogens with one attached hydrogen (secondary N) is 1. The Labute approximate surface area is 131 Å². The van der Waals surface area contributed by atoms with E-state index in [0.717, 1.165) is 17.9 Å². The minimum atomic E-state index is -0.294. The second-order valence-corrected chi connectivity index (χ2v) is 6.23. The van der Waals surface area contributed by atoms with E-state index in [1.165, 1.54) is 7.11 Å². The van der Waals surface area contributed by atoms with Crippen LogP contribution in [0.15, 0.2) is 23.3 Å². The number of anilines is 1. The van der Waals surface area contributed by atoms with Gasteiger partial charge in [-0.2, -0.15) is 16.9 Å². The van der Waals surface area contributed by atoms with Gasteiger partial charge in [0.1, 0.15) is 5.92 Å². The zero-order valence-corrected chi connectivity index (χ0v) is 13.2. The van der Waals surface area contributed by atoms with Crippen LogP contribution in [0.2, 0.25) is 10.0 Å². The zero-order valence-electron chi connectivity index (χ0n) is 10.9. The topological polar surface area (TPSA) is 50.7 Å². The molecule has 0 bridgehead atoms. The van der Waals surface area contributed by atoms with Crippen molar-refractivity contribution in [3.8, 4) is 0 Å². The number of methoxy groups -OCH3 is 1. The van der Waals surface area contributed by atoms with Gasteiger partial charge in [-0.25, -0.2) is 0 Å². The Bertz CT molecular complexity index is 537. The van der Waals surface area contributed by atoms with Crippen LogP contribution < -0.4 is 5.43 Å². The summed E-state index contributed by atoms with van der Waals surface area (Å²) in [7, 11) is 1.39. The van der Waals surface area contributed by atoms with Crippen molar-refractivity contribution in [2.75, 3.05) is 24.0 Å². The maximum atomic E-state index is 11.7. The lowest BCUT2D eigenvalue weighted by Crippen LogP contribution is -2.31. The van der Waals surface area contributed by atoms with Crippen LogP contribution in [0, 0.1) is 5.92 Å². The Hall–Kier alpha value is -0.910. The largest absolute Gasteiger partial charge is 0.468 e. The number of carbonyl (C=O) groups excluding carboxylic acids is 1. The van der Waals surface area contributed by atoms with Crippen molar-refractivity contribution in [3.05, 3.63) is 28.2 Å². The van der Waals surface area contributed by atoms with Crippen LogP contribution in [-0.2, 0) is 9.53 Å². The summed E-state index contributed by atoms with van der Waals surface area (Å²) < 4.78 is 4.81. The maximum Gasteiger partial charge on any atom is 0.315 e. The number of hydrogen-bond donors (Lipinski definition) is 1. The predicted molar refractivity (Wildman–Crippen MR) is 85.0 cm³/mol. The molecule has 0 saturated carbocycles.